The number of amides is 1. The van der Waals surface area contributed by atoms with E-state index in [9.17, 15) is 26.7 Å². The number of halogens is 5. The molecule has 0 aliphatic carbocycles. The Bertz CT molecular complexity index is 1060. The van der Waals surface area contributed by atoms with Crippen molar-refractivity contribution in [3.05, 3.63) is 77.4 Å². The van der Waals surface area contributed by atoms with Crippen LogP contribution in [0.15, 0.2) is 48.8 Å². The van der Waals surface area contributed by atoms with Gasteiger partial charge in [0.15, 0.2) is 5.82 Å². The van der Waals surface area contributed by atoms with Gasteiger partial charge in [-0.3, -0.25) is 9.78 Å². The number of anilines is 1. The summed E-state index contributed by atoms with van der Waals surface area (Å²) >= 11 is 0. The van der Waals surface area contributed by atoms with Crippen molar-refractivity contribution in [3.63, 3.8) is 0 Å². The van der Waals surface area contributed by atoms with Gasteiger partial charge in [-0.2, -0.15) is 17.6 Å². The summed E-state index contributed by atoms with van der Waals surface area (Å²) in [5, 5.41) is 2.29. The van der Waals surface area contributed by atoms with Gasteiger partial charge < -0.3 is 10.1 Å². The maximum absolute atomic E-state index is 14.7. The highest BCUT2D eigenvalue weighted by Gasteiger charge is 2.37. The first-order valence-corrected chi connectivity index (χ1v) is 8.09. The Hall–Kier alpha value is -3.56. The maximum Gasteiger partial charge on any atom is 0.419 e. The number of pyridine rings is 2. The molecule has 3 aromatic rings. The van der Waals surface area contributed by atoms with E-state index in [0.29, 0.717) is 6.07 Å². The summed E-state index contributed by atoms with van der Waals surface area (Å²) < 4.78 is 72.6. The van der Waals surface area contributed by atoms with Gasteiger partial charge in [-0.1, -0.05) is 0 Å². The average molecular weight is 411 g/mol. The van der Waals surface area contributed by atoms with E-state index in [-0.39, 0.29) is 18.6 Å². The van der Waals surface area contributed by atoms with Crippen LogP contribution in [0.5, 0.6) is 11.5 Å². The van der Waals surface area contributed by atoms with Crippen molar-refractivity contribution in [2.24, 2.45) is 0 Å². The van der Waals surface area contributed by atoms with Gasteiger partial charge in [0.05, 0.1) is 11.3 Å². The normalized spacial score (nSPS) is 11.2. The van der Waals surface area contributed by atoms with Crippen LogP contribution in [0, 0.1) is 18.7 Å². The lowest BCUT2D eigenvalue weighted by atomic mass is 10.1. The van der Waals surface area contributed by atoms with Crippen molar-refractivity contribution in [2.45, 2.75) is 13.1 Å². The first-order valence-electron chi connectivity index (χ1n) is 8.09. The smallest absolute Gasteiger partial charge is 0.419 e. The van der Waals surface area contributed by atoms with Gasteiger partial charge in [0.2, 0.25) is 5.95 Å². The number of rotatable bonds is 4. The van der Waals surface area contributed by atoms with E-state index in [1.807, 2.05) is 0 Å². The molecule has 0 saturated carbocycles. The van der Waals surface area contributed by atoms with Gasteiger partial charge in [0.1, 0.15) is 17.1 Å². The molecular formula is C19H14F5N3O2. The molecule has 0 saturated heterocycles. The van der Waals surface area contributed by atoms with Crippen molar-refractivity contribution in [1.29, 1.82) is 0 Å². The molecule has 3 rings (SSSR count). The highest BCUT2D eigenvalue weighted by Crippen LogP contribution is 2.37. The second-order valence-corrected chi connectivity index (χ2v) is 5.81. The molecular weight excluding hydrogens is 397 g/mol. The zero-order valence-electron chi connectivity index (χ0n) is 14.7. The third-order valence-corrected chi connectivity index (χ3v) is 3.80. The third-order valence-electron chi connectivity index (χ3n) is 3.80. The molecule has 0 fully saturated rings. The van der Waals surface area contributed by atoms with Crippen molar-refractivity contribution in [1.82, 2.24) is 9.97 Å². The summed E-state index contributed by atoms with van der Waals surface area (Å²) in [4.78, 5) is 19.8. The lowest BCUT2D eigenvalue weighted by Gasteiger charge is -2.16. The number of carbonyl (C=O) groups excluding carboxylic acids is 1. The third kappa shape index (κ3) is 4.48. The number of aromatic nitrogens is 2. The van der Waals surface area contributed by atoms with Crippen LogP contribution in [0.3, 0.4) is 0 Å². The van der Waals surface area contributed by atoms with Gasteiger partial charge in [0, 0.05) is 19.5 Å². The van der Waals surface area contributed by atoms with E-state index < -0.39 is 40.7 Å². The predicted octanol–water partition coefficient (Wildman–Crippen LogP) is 5.37. The molecule has 0 spiro atoms. The first-order chi connectivity index (χ1) is 13.7. The summed E-state index contributed by atoms with van der Waals surface area (Å²) in [7, 11) is 0. The zero-order chi connectivity index (χ0) is 21.2. The fourth-order valence-electron chi connectivity index (χ4n) is 2.45. The minimum Gasteiger partial charge on any atom is -0.455 e. The highest BCUT2D eigenvalue weighted by atomic mass is 19.4. The Morgan fingerprint density at radius 1 is 1.03 bits per heavy atom. The molecule has 29 heavy (non-hydrogen) atoms. The van der Waals surface area contributed by atoms with Gasteiger partial charge in [-0.15, -0.1) is 0 Å². The molecule has 0 unspecified atom stereocenters. The molecule has 152 valence electrons. The molecule has 5 nitrogen and oxygen atoms in total. The van der Waals surface area contributed by atoms with E-state index in [2.05, 4.69) is 15.3 Å². The van der Waals surface area contributed by atoms with Crippen LogP contribution in [0.25, 0.3) is 0 Å². The van der Waals surface area contributed by atoms with Crippen LogP contribution in [-0.2, 0) is 6.18 Å². The van der Waals surface area contributed by atoms with Crippen LogP contribution in [-0.4, -0.2) is 15.9 Å². The Balaban J connectivity index is 0.00000320. The van der Waals surface area contributed by atoms with E-state index in [0.717, 1.165) is 18.2 Å². The standard InChI is InChI=1S/C19H12F5N3O2.H2/c1-10-13(4-5-15(20)26-10)29-14-3-2-12(19(22,23)24)17(21)16(14)18(28)27-11-6-8-25-9-7-11;/h2-9H,1H3,(H,25,27,28);1H. The summed E-state index contributed by atoms with van der Waals surface area (Å²) in [6.45, 7) is 1.38. The summed E-state index contributed by atoms with van der Waals surface area (Å²) in [6.07, 6.45) is -2.35. The second-order valence-electron chi connectivity index (χ2n) is 5.81. The summed E-state index contributed by atoms with van der Waals surface area (Å²) in [6, 6.07) is 6.14. The Morgan fingerprint density at radius 3 is 2.31 bits per heavy atom. The molecule has 10 heteroatoms. The van der Waals surface area contributed by atoms with E-state index in [4.69, 9.17) is 4.74 Å². The lowest BCUT2D eigenvalue weighted by molar-refractivity contribution is -0.140. The van der Waals surface area contributed by atoms with Crippen molar-refractivity contribution >= 4 is 11.6 Å². The maximum atomic E-state index is 14.7. The van der Waals surface area contributed by atoms with Crippen LogP contribution in [0.2, 0.25) is 0 Å². The molecule has 1 amide bonds. The Kier molecular flexibility index (Phi) is 5.44. The number of aryl methyl sites for hydroxylation is 1. The number of hydrogen-bond donors (Lipinski definition) is 1. The Morgan fingerprint density at radius 2 is 1.69 bits per heavy atom. The van der Waals surface area contributed by atoms with Gasteiger partial charge >= 0.3 is 6.18 Å². The Labute approximate surface area is 162 Å². The van der Waals surface area contributed by atoms with E-state index in [1.165, 1.54) is 31.5 Å². The number of alkyl halides is 3. The molecule has 0 aliphatic heterocycles. The SMILES string of the molecule is Cc1nc(F)ccc1Oc1ccc(C(F)(F)F)c(F)c1C(=O)Nc1ccncc1.[HH]. The molecule has 1 aromatic carbocycles. The molecule has 0 atom stereocenters. The summed E-state index contributed by atoms with van der Waals surface area (Å²) in [5.74, 6) is -4.30. The number of nitrogens with one attached hydrogen (secondary N) is 1. The molecule has 2 heterocycles. The van der Waals surface area contributed by atoms with Gasteiger partial charge in [0.25, 0.3) is 5.91 Å². The van der Waals surface area contributed by atoms with E-state index in [1.54, 1.807) is 0 Å². The quantitative estimate of drug-likeness (QED) is 0.463. The monoisotopic (exact) mass is 411 g/mol. The minimum absolute atomic E-state index is 0. The largest absolute Gasteiger partial charge is 0.455 e. The van der Waals surface area contributed by atoms with Crippen LogP contribution in [0.1, 0.15) is 23.0 Å². The van der Waals surface area contributed by atoms with Crippen LogP contribution in [0.4, 0.5) is 27.6 Å². The number of ether oxygens (including phenoxy) is 1. The average Bonchev–Trinajstić information content (AvgIpc) is 2.64. The number of nitrogens with zero attached hydrogens (tertiary/aromatic N) is 2. The van der Waals surface area contributed by atoms with Gasteiger partial charge in [-0.25, -0.2) is 9.37 Å². The van der Waals surface area contributed by atoms with E-state index >= 15 is 0 Å². The molecule has 0 aliphatic rings. The van der Waals surface area contributed by atoms with Crippen molar-refractivity contribution < 1.29 is 32.9 Å². The molecule has 2 aromatic heterocycles. The van der Waals surface area contributed by atoms with Crippen molar-refractivity contribution in [3.8, 4) is 11.5 Å². The predicted molar refractivity (Wildman–Crippen MR) is 94.7 cm³/mol. The van der Waals surface area contributed by atoms with Gasteiger partial charge in [-0.05, 0) is 43.3 Å². The molecule has 1 N–H and O–H groups in total. The fraction of sp³-hybridized carbons (Fsp3) is 0.105. The first kappa shape index (κ1) is 20.2. The number of hydrogen-bond acceptors (Lipinski definition) is 4. The lowest BCUT2D eigenvalue weighted by Crippen LogP contribution is -2.19. The number of benzene rings is 1. The van der Waals surface area contributed by atoms with Crippen LogP contribution < -0.4 is 10.1 Å². The zero-order valence-corrected chi connectivity index (χ0v) is 14.7. The molecule has 0 radical (unpaired) electrons. The topological polar surface area (TPSA) is 64.1 Å². The highest BCUT2D eigenvalue weighted by molar-refractivity contribution is 6.06. The van der Waals surface area contributed by atoms with Crippen LogP contribution >= 0.6 is 0 Å². The molecule has 0 bridgehead atoms. The van der Waals surface area contributed by atoms with Crippen molar-refractivity contribution in [2.75, 3.05) is 5.32 Å². The fourth-order valence-corrected chi connectivity index (χ4v) is 2.45. The second kappa shape index (κ2) is 7.82. The minimum atomic E-state index is -5.03. The summed E-state index contributed by atoms with van der Waals surface area (Å²) in [5.41, 5.74) is -2.34. The number of carbonyl (C=O) groups is 1.